The largest absolute Gasteiger partial charge is 0.197 e. The molecule has 2 rings (SSSR count). The van der Waals surface area contributed by atoms with E-state index in [0.717, 1.165) is 24.8 Å². The van der Waals surface area contributed by atoms with Gasteiger partial charge in [0.25, 0.3) is 0 Å². The first-order chi connectivity index (χ1) is 7.77. The zero-order valence-corrected chi connectivity index (χ0v) is 9.69. The summed E-state index contributed by atoms with van der Waals surface area (Å²) in [5, 5.41) is 9.52. The molecule has 16 heavy (non-hydrogen) atoms. The molecule has 0 radical (unpaired) electrons. The second-order valence-corrected chi connectivity index (χ2v) is 4.71. The van der Waals surface area contributed by atoms with Gasteiger partial charge in [0, 0.05) is 0 Å². The van der Waals surface area contributed by atoms with Crippen LogP contribution in [0.4, 0.5) is 0 Å². The van der Waals surface area contributed by atoms with Gasteiger partial charge in [0.15, 0.2) is 0 Å². The van der Waals surface area contributed by atoms with Crippen molar-refractivity contribution in [3.05, 3.63) is 48.0 Å². The molecule has 2 unspecified atom stereocenters. The second-order valence-electron chi connectivity index (χ2n) is 4.71. The Morgan fingerprint density at radius 1 is 1.31 bits per heavy atom. The Morgan fingerprint density at radius 3 is 2.75 bits per heavy atom. The van der Waals surface area contributed by atoms with Crippen LogP contribution in [0.15, 0.2) is 42.5 Å². The molecule has 82 valence electrons. The van der Waals surface area contributed by atoms with E-state index < -0.39 is 0 Å². The summed E-state index contributed by atoms with van der Waals surface area (Å²) in [4.78, 5) is 0. The summed E-state index contributed by atoms with van der Waals surface area (Å²) in [6, 6.07) is 12.7. The summed E-state index contributed by atoms with van der Waals surface area (Å²) in [6.07, 6.45) is 7.31. The first-order valence-corrected chi connectivity index (χ1v) is 5.90. The minimum atomic E-state index is -0.303. The summed E-state index contributed by atoms with van der Waals surface area (Å²) >= 11 is 0. The Kier molecular flexibility index (Phi) is 3.10. The highest BCUT2D eigenvalue weighted by Crippen LogP contribution is 2.36. The van der Waals surface area contributed by atoms with E-state index in [9.17, 15) is 5.26 Å². The Balaban J connectivity index is 2.34. The smallest absolute Gasteiger partial charge is 0.0856 e. The van der Waals surface area contributed by atoms with Crippen molar-refractivity contribution in [3.63, 3.8) is 0 Å². The Labute approximate surface area is 97.4 Å². The maximum absolute atomic E-state index is 9.52. The lowest BCUT2D eigenvalue weighted by molar-refractivity contribution is 0.470. The predicted molar refractivity (Wildman–Crippen MR) is 65.9 cm³/mol. The highest BCUT2D eigenvalue weighted by Gasteiger charge is 2.32. The molecule has 0 aliphatic heterocycles. The van der Waals surface area contributed by atoms with Gasteiger partial charge in [-0.1, -0.05) is 49.4 Å². The van der Waals surface area contributed by atoms with Crippen LogP contribution in [-0.4, -0.2) is 0 Å². The summed E-state index contributed by atoms with van der Waals surface area (Å²) in [7, 11) is 0. The number of nitriles is 1. The van der Waals surface area contributed by atoms with Crippen molar-refractivity contribution in [2.24, 2.45) is 5.92 Å². The zero-order chi connectivity index (χ0) is 11.4. The Hall–Kier alpha value is -1.55. The zero-order valence-electron chi connectivity index (χ0n) is 9.69. The Morgan fingerprint density at radius 2 is 2.06 bits per heavy atom. The summed E-state index contributed by atoms with van der Waals surface area (Å²) in [6.45, 7) is 2.22. The van der Waals surface area contributed by atoms with Crippen molar-refractivity contribution in [2.45, 2.75) is 31.6 Å². The van der Waals surface area contributed by atoms with Crippen molar-refractivity contribution in [2.75, 3.05) is 0 Å². The molecule has 1 aliphatic carbocycles. The van der Waals surface area contributed by atoms with Crippen molar-refractivity contribution in [1.29, 1.82) is 5.26 Å². The molecule has 0 bridgehead atoms. The lowest BCUT2D eigenvalue weighted by Crippen LogP contribution is -2.23. The van der Waals surface area contributed by atoms with E-state index in [4.69, 9.17) is 0 Å². The Bertz CT molecular complexity index is 413. The molecule has 0 saturated heterocycles. The topological polar surface area (TPSA) is 23.8 Å². The highest BCUT2D eigenvalue weighted by atomic mass is 14.4. The lowest BCUT2D eigenvalue weighted by atomic mass is 9.75. The van der Waals surface area contributed by atoms with Crippen LogP contribution in [0.5, 0.6) is 0 Å². The molecular weight excluding hydrogens is 194 g/mol. The van der Waals surface area contributed by atoms with Crippen LogP contribution >= 0.6 is 0 Å². The van der Waals surface area contributed by atoms with Gasteiger partial charge in [0.1, 0.15) is 0 Å². The van der Waals surface area contributed by atoms with Crippen LogP contribution in [0.2, 0.25) is 0 Å². The van der Waals surface area contributed by atoms with Gasteiger partial charge in [0.2, 0.25) is 0 Å². The third-order valence-electron chi connectivity index (χ3n) is 3.50. The van der Waals surface area contributed by atoms with E-state index in [-0.39, 0.29) is 5.41 Å². The fourth-order valence-corrected chi connectivity index (χ4v) is 2.36. The second kappa shape index (κ2) is 4.53. The third-order valence-corrected chi connectivity index (χ3v) is 3.50. The van der Waals surface area contributed by atoms with Gasteiger partial charge in [-0.15, -0.1) is 0 Å². The average molecular weight is 211 g/mol. The molecule has 0 amide bonds. The van der Waals surface area contributed by atoms with E-state index in [1.165, 1.54) is 0 Å². The molecule has 0 spiro atoms. The van der Waals surface area contributed by atoms with Gasteiger partial charge in [-0.2, -0.15) is 5.26 Å². The summed E-state index contributed by atoms with van der Waals surface area (Å²) in [5.41, 5.74) is 0.860. The number of nitrogens with zero attached hydrogens (tertiary/aromatic N) is 1. The molecule has 1 nitrogen and oxygen atoms in total. The van der Waals surface area contributed by atoms with Gasteiger partial charge in [-0.25, -0.2) is 0 Å². The van der Waals surface area contributed by atoms with Crippen LogP contribution in [0.1, 0.15) is 31.7 Å². The van der Waals surface area contributed by atoms with Crippen LogP contribution in [0, 0.1) is 17.2 Å². The van der Waals surface area contributed by atoms with Gasteiger partial charge in [-0.3, -0.25) is 0 Å². The van der Waals surface area contributed by atoms with Crippen LogP contribution in [-0.2, 0) is 5.41 Å². The van der Waals surface area contributed by atoms with Gasteiger partial charge in [-0.05, 0) is 30.7 Å². The molecule has 2 atom stereocenters. The number of benzene rings is 1. The number of hydrogen-bond donors (Lipinski definition) is 0. The van der Waals surface area contributed by atoms with E-state index in [2.05, 4.69) is 37.3 Å². The molecule has 1 aromatic carbocycles. The molecule has 0 N–H and O–H groups in total. The van der Waals surface area contributed by atoms with E-state index in [0.29, 0.717) is 5.92 Å². The fraction of sp³-hybridized carbons (Fsp3) is 0.400. The standard InChI is InChI=1S/C15H17N/c1-13-6-5-10-15(12-16,11-9-13)14-7-3-2-4-8-14/h2-8,13H,9-11H2,1H3. The highest BCUT2D eigenvalue weighted by molar-refractivity contribution is 5.34. The van der Waals surface area contributed by atoms with Crippen LogP contribution in [0.25, 0.3) is 0 Å². The molecule has 1 aliphatic rings. The normalized spacial score (nSPS) is 29.4. The number of allylic oxidation sites excluding steroid dienone is 2. The van der Waals surface area contributed by atoms with E-state index in [1.54, 1.807) is 0 Å². The minimum Gasteiger partial charge on any atom is -0.197 e. The number of rotatable bonds is 1. The lowest BCUT2D eigenvalue weighted by Gasteiger charge is -2.25. The van der Waals surface area contributed by atoms with Crippen molar-refractivity contribution < 1.29 is 0 Å². The molecule has 0 fully saturated rings. The van der Waals surface area contributed by atoms with Crippen molar-refractivity contribution >= 4 is 0 Å². The van der Waals surface area contributed by atoms with Crippen molar-refractivity contribution in [3.8, 4) is 6.07 Å². The first kappa shape index (κ1) is 11.0. The summed E-state index contributed by atoms with van der Waals surface area (Å²) < 4.78 is 0. The van der Waals surface area contributed by atoms with Gasteiger partial charge in [0.05, 0.1) is 11.5 Å². The van der Waals surface area contributed by atoms with Crippen molar-refractivity contribution in [1.82, 2.24) is 0 Å². The third kappa shape index (κ3) is 2.02. The fourth-order valence-electron chi connectivity index (χ4n) is 2.36. The first-order valence-electron chi connectivity index (χ1n) is 5.90. The van der Waals surface area contributed by atoms with E-state index >= 15 is 0 Å². The monoisotopic (exact) mass is 211 g/mol. The number of hydrogen-bond acceptors (Lipinski definition) is 1. The molecule has 1 heteroatoms. The molecule has 0 saturated carbocycles. The molecule has 1 aromatic rings. The molecule has 0 heterocycles. The maximum atomic E-state index is 9.52. The minimum absolute atomic E-state index is 0.303. The molecule has 0 aromatic heterocycles. The quantitative estimate of drug-likeness (QED) is 0.648. The van der Waals surface area contributed by atoms with Crippen LogP contribution < -0.4 is 0 Å². The average Bonchev–Trinajstić information content (AvgIpc) is 2.53. The molecular formula is C15H17N. The van der Waals surface area contributed by atoms with E-state index in [1.807, 2.05) is 18.2 Å². The van der Waals surface area contributed by atoms with Gasteiger partial charge >= 0.3 is 0 Å². The maximum Gasteiger partial charge on any atom is 0.0856 e. The van der Waals surface area contributed by atoms with Gasteiger partial charge < -0.3 is 0 Å². The SMILES string of the molecule is CC1C=CCC(C#N)(c2ccccc2)CC1. The summed E-state index contributed by atoms with van der Waals surface area (Å²) in [5.74, 6) is 0.596. The van der Waals surface area contributed by atoms with Crippen LogP contribution in [0.3, 0.4) is 0 Å². The predicted octanol–water partition coefficient (Wildman–Crippen LogP) is 3.82.